The number of phenolic OH excluding ortho intramolecular Hbond substituents is 1. The lowest BCUT2D eigenvalue weighted by Crippen LogP contribution is -2.23. The highest BCUT2D eigenvalue weighted by Gasteiger charge is 2.29. The summed E-state index contributed by atoms with van der Waals surface area (Å²) in [5, 5.41) is 20.3. The van der Waals surface area contributed by atoms with Crippen molar-refractivity contribution in [2.75, 3.05) is 5.32 Å². The lowest BCUT2D eigenvalue weighted by Gasteiger charge is -2.21. The summed E-state index contributed by atoms with van der Waals surface area (Å²) in [6, 6.07) is 9.07. The highest BCUT2D eigenvalue weighted by molar-refractivity contribution is 5.94. The van der Waals surface area contributed by atoms with Crippen LogP contribution in [0.25, 0.3) is 10.9 Å². The number of amides is 1. The van der Waals surface area contributed by atoms with Crippen molar-refractivity contribution in [3.05, 3.63) is 47.8 Å². The number of pyridine rings is 1. The molecule has 6 heteroatoms. The van der Waals surface area contributed by atoms with Gasteiger partial charge in [-0.15, -0.1) is 0 Å². The van der Waals surface area contributed by atoms with E-state index in [1.165, 1.54) is 0 Å². The fourth-order valence-corrected chi connectivity index (χ4v) is 2.75. The van der Waals surface area contributed by atoms with Gasteiger partial charge in [0.15, 0.2) is 0 Å². The number of anilines is 1. The zero-order valence-electron chi connectivity index (χ0n) is 11.0. The molecule has 0 bridgehead atoms. The van der Waals surface area contributed by atoms with Gasteiger partial charge < -0.3 is 10.4 Å². The Labute approximate surface area is 119 Å². The molecule has 4 rings (SSSR count). The minimum absolute atomic E-state index is 0.0732. The minimum atomic E-state index is -0.156. The van der Waals surface area contributed by atoms with E-state index in [9.17, 15) is 9.90 Å². The number of carbonyl (C=O) groups excluding carboxylic acids is 1. The minimum Gasteiger partial charge on any atom is -0.506 e. The number of nitrogens with zero attached hydrogens (tertiary/aromatic N) is 2. The summed E-state index contributed by atoms with van der Waals surface area (Å²) in [4.78, 5) is 16.3. The molecule has 104 valence electrons. The molecule has 1 unspecified atom stereocenters. The molecular weight excluding hydrogens is 268 g/mol. The maximum atomic E-state index is 11.8. The Bertz CT molecular complexity index is 856. The van der Waals surface area contributed by atoms with Crippen molar-refractivity contribution in [2.45, 2.75) is 12.3 Å². The van der Waals surface area contributed by atoms with Crippen LogP contribution in [0.1, 0.15) is 23.6 Å². The first-order valence-corrected chi connectivity index (χ1v) is 6.64. The molecule has 6 nitrogen and oxygen atoms in total. The number of nitrogens with one attached hydrogen (secondary N) is 2. The first-order chi connectivity index (χ1) is 10.2. The number of hydrogen-bond donors (Lipinski definition) is 3. The number of hydrogen-bond acceptors (Lipinski definition) is 4. The highest BCUT2D eigenvalue weighted by Crippen LogP contribution is 2.36. The highest BCUT2D eigenvalue weighted by atomic mass is 16.3. The lowest BCUT2D eigenvalue weighted by atomic mass is 9.90. The third-order valence-electron chi connectivity index (χ3n) is 3.78. The van der Waals surface area contributed by atoms with Crippen LogP contribution in [-0.4, -0.2) is 26.2 Å². The van der Waals surface area contributed by atoms with E-state index in [1.807, 2.05) is 18.2 Å². The second-order valence-corrected chi connectivity index (χ2v) is 5.09. The molecule has 3 N–H and O–H groups in total. The molecule has 3 aromatic rings. The largest absolute Gasteiger partial charge is 0.506 e. The molecule has 0 saturated carbocycles. The van der Waals surface area contributed by atoms with Gasteiger partial charge in [0.2, 0.25) is 5.91 Å². The monoisotopic (exact) mass is 280 g/mol. The van der Waals surface area contributed by atoms with Crippen molar-refractivity contribution < 1.29 is 9.90 Å². The van der Waals surface area contributed by atoms with E-state index in [2.05, 4.69) is 20.5 Å². The van der Waals surface area contributed by atoms with Gasteiger partial charge in [0, 0.05) is 29.0 Å². The lowest BCUT2D eigenvalue weighted by molar-refractivity contribution is -0.116. The first kappa shape index (κ1) is 11.9. The molecule has 2 aromatic heterocycles. The first-order valence-electron chi connectivity index (χ1n) is 6.64. The summed E-state index contributed by atoms with van der Waals surface area (Å²) in [5.74, 6) is 0.532. The van der Waals surface area contributed by atoms with Crippen LogP contribution in [0, 0.1) is 0 Å². The predicted molar refractivity (Wildman–Crippen MR) is 77.1 cm³/mol. The van der Waals surface area contributed by atoms with E-state index in [0.717, 1.165) is 16.6 Å². The summed E-state index contributed by atoms with van der Waals surface area (Å²) in [5.41, 5.74) is 2.21. The second-order valence-electron chi connectivity index (χ2n) is 5.09. The number of aromatic hydroxyl groups is 1. The molecular formula is C15H12N4O2. The van der Waals surface area contributed by atoms with Crippen LogP contribution in [0.4, 0.5) is 5.82 Å². The summed E-state index contributed by atoms with van der Waals surface area (Å²) in [6.45, 7) is 0. The van der Waals surface area contributed by atoms with Gasteiger partial charge in [0.05, 0.1) is 6.20 Å². The molecule has 0 spiro atoms. The van der Waals surface area contributed by atoms with Crippen LogP contribution in [0.3, 0.4) is 0 Å². The molecule has 1 aromatic carbocycles. The molecule has 1 aliphatic heterocycles. The number of phenols is 1. The van der Waals surface area contributed by atoms with Gasteiger partial charge in [-0.1, -0.05) is 18.2 Å². The number of fused-ring (bicyclic) bond motifs is 2. The van der Waals surface area contributed by atoms with Crippen LogP contribution in [0.5, 0.6) is 5.75 Å². The molecule has 1 aliphatic rings. The molecule has 0 saturated heterocycles. The summed E-state index contributed by atoms with van der Waals surface area (Å²) in [7, 11) is 0. The third-order valence-corrected chi connectivity index (χ3v) is 3.78. The van der Waals surface area contributed by atoms with Crippen LogP contribution < -0.4 is 5.32 Å². The molecule has 0 fully saturated rings. The molecule has 1 amide bonds. The van der Waals surface area contributed by atoms with Crippen molar-refractivity contribution in [1.29, 1.82) is 0 Å². The number of rotatable bonds is 1. The van der Waals surface area contributed by atoms with Crippen LogP contribution in [0.15, 0.2) is 36.5 Å². The predicted octanol–water partition coefficient (Wildman–Crippen LogP) is 2.14. The van der Waals surface area contributed by atoms with Gasteiger partial charge in [0.1, 0.15) is 17.1 Å². The van der Waals surface area contributed by atoms with Crippen LogP contribution >= 0.6 is 0 Å². The van der Waals surface area contributed by atoms with E-state index in [1.54, 1.807) is 18.3 Å². The van der Waals surface area contributed by atoms with E-state index in [4.69, 9.17) is 0 Å². The number of carbonyl (C=O) groups is 1. The Morgan fingerprint density at radius 3 is 3.05 bits per heavy atom. The SMILES string of the molecule is O=C1CC(c2ccc3cccc(O)c3n2)c2cn[nH]c2N1. The van der Waals surface area contributed by atoms with Gasteiger partial charge in [-0.25, -0.2) is 4.98 Å². The van der Waals surface area contributed by atoms with Crippen molar-refractivity contribution in [1.82, 2.24) is 15.2 Å². The average molecular weight is 280 g/mol. The topological polar surface area (TPSA) is 90.9 Å². The Morgan fingerprint density at radius 2 is 2.14 bits per heavy atom. The molecule has 21 heavy (non-hydrogen) atoms. The third kappa shape index (κ3) is 1.84. The Morgan fingerprint density at radius 1 is 1.24 bits per heavy atom. The average Bonchev–Trinajstić information content (AvgIpc) is 2.94. The zero-order valence-corrected chi connectivity index (χ0v) is 11.0. The standard InChI is InChI=1S/C15H12N4O2/c20-12-3-1-2-8-4-5-11(17-14(8)12)9-6-13(21)18-15-10(9)7-16-19-15/h1-5,7,9,20H,6H2,(H2,16,18,19,21). The molecule has 0 radical (unpaired) electrons. The smallest absolute Gasteiger partial charge is 0.226 e. The Kier molecular flexibility index (Phi) is 2.44. The quantitative estimate of drug-likeness (QED) is 0.637. The van der Waals surface area contributed by atoms with Crippen molar-refractivity contribution in [3.8, 4) is 5.75 Å². The zero-order chi connectivity index (χ0) is 14.4. The number of para-hydroxylation sites is 1. The van der Waals surface area contributed by atoms with Crippen molar-refractivity contribution in [3.63, 3.8) is 0 Å². The summed E-state index contributed by atoms with van der Waals surface area (Å²) >= 11 is 0. The van der Waals surface area contributed by atoms with Gasteiger partial charge in [-0.2, -0.15) is 5.10 Å². The molecule has 3 heterocycles. The van der Waals surface area contributed by atoms with Crippen LogP contribution in [0.2, 0.25) is 0 Å². The van der Waals surface area contributed by atoms with Crippen molar-refractivity contribution in [2.24, 2.45) is 0 Å². The molecule has 1 atom stereocenters. The fraction of sp³-hybridized carbons (Fsp3) is 0.133. The number of H-pyrrole nitrogens is 1. The van der Waals surface area contributed by atoms with Gasteiger partial charge in [-0.05, 0) is 12.1 Å². The maximum Gasteiger partial charge on any atom is 0.226 e. The summed E-state index contributed by atoms with van der Waals surface area (Å²) < 4.78 is 0. The van der Waals surface area contributed by atoms with E-state index in [0.29, 0.717) is 17.8 Å². The Hall–Kier alpha value is -2.89. The van der Waals surface area contributed by atoms with Gasteiger partial charge >= 0.3 is 0 Å². The summed E-state index contributed by atoms with van der Waals surface area (Å²) in [6.07, 6.45) is 2.02. The number of aromatic nitrogens is 3. The van der Waals surface area contributed by atoms with E-state index >= 15 is 0 Å². The maximum absolute atomic E-state index is 11.8. The Balaban J connectivity index is 1.88. The van der Waals surface area contributed by atoms with Crippen molar-refractivity contribution >= 4 is 22.6 Å². The number of benzene rings is 1. The van der Waals surface area contributed by atoms with Gasteiger partial charge in [-0.3, -0.25) is 9.89 Å². The fourth-order valence-electron chi connectivity index (χ4n) is 2.75. The van der Waals surface area contributed by atoms with Crippen LogP contribution in [-0.2, 0) is 4.79 Å². The second kappa shape index (κ2) is 4.31. The normalized spacial score (nSPS) is 17.5. The van der Waals surface area contributed by atoms with E-state index < -0.39 is 0 Å². The number of aromatic amines is 1. The van der Waals surface area contributed by atoms with Gasteiger partial charge in [0.25, 0.3) is 0 Å². The molecule has 0 aliphatic carbocycles. The van der Waals surface area contributed by atoms with E-state index in [-0.39, 0.29) is 17.6 Å².